The predicted octanol–water partition coefficient (Wildman–Crippen LogP) is 1.38. The Morgan fingerprint density at radius 1 is 1.53 bits per heavy atom. The topological polar surface area (TPSA) is 69.1 Å². The van der Waals surface area contributed by atoms with Crippen molar-refractivity contribution in [1.29, 1.82) is 0 Å². The maximum absolute atomic E-state index is 10.8. The van der Waals surface area contributed by atoms with Gasteiger partial charge in [-0.05, 0) is 19.1 Å². The zero-order valence-corrected chi connectivity index (χ0v) is 8.27. The van der Waals surface area contributed by atoms with E-state index in [0.29, 0.717) is 18.1 Å². The fraction of sp³-hybridized carbons (Fsp3) is 0.300. The second kappa shape index (κ2) is 4.08. The van der Waals surface area contributed by atoms with E-state index < -0.39 is 0 Å². The van der Waals surface area contributed by atoms with Crippen LogP contribution in [0.5, 0.6) is 0 Å². The molecule has 0 bridgehead atoms. The monoisotopic (exact) mass is 206 g/mol. The van der Waals surface area contributed by atoms with Gasteiger partial charge in [-0.3, -0.25) is 4.79 Å². The highest BCUT2D eigenvalue weighted by Crippen LogP contribution is 2.07. The molecule has 2 aromatic rings. The van der Waals surface area contributed by atoms with Crippen molar-refractivity contribution in [2.45, 2.75) is 19.8 Å². The lowest BCUT2D eigenvalue weighted by Crippen LogP contribution is -1.96. The average Bonchev–Trinajstić information content (AvgIpc) is 2.77. The minimum Gasteiger partial charge on any atom is -0.469 e. The molecule has 5 nitrogen and oxygen atoms in total. The third kappa shape index (κ3) is 2.52. The Balaban J connectivity index is 2.04. The van der Waals surface area contributed by atoms with Crippen LogP contribution < -0.4 is 0 Å². The van der Waals surface area contributed by atoms with Gasteiger partial charge >= 0.3 is 0 Å². The van der Waals surface area contributed by atoms with E-state index >= 15 is 0 Å². The summed E-state index contributed by atoms with van der Waals surface area (Å²) < 4.78 is 10.0. The number of hydrogen-bond donors (Lipinski definition) is 0. The molecule has 0 saturated carbocycles. The Morgan fingerprint density at radius 3 is 3.07 bits per heavy atom. The van der Waals surface area contributed by atoms with E-state index in [1.54, 1.807) is 12.3 Å². The molecule has 0 unspecified atom stereocenters. The number of rotatable bonds is 4. The van der Waals surface area contributed by atoms with E-state index in [4.69, 9.17) is 8.94 Å². The molecule has 0 aliphatic rings. The largest absolute Gasteiger partial charge is 0.469 e. The van der Waals surface area contributed by atoms with Crippen molar-refractivity contribution in [3.05, 3.63) is 35.9 Å². The molecule has 0 aliphatic heterocycles. The summed E-state index contributed by atoms with van der Waals surface area (Å²) in [6.45, 7) is 1.48. The van der Waals surface area contributed by atoms with Crippen molar-refractivity contribution in [2.75, 3.05) is 0 Å². The number of furan rings is 1. The van der Waals surface area contributed by atoms with Crippen LogP contribution >= 0.6 is 0 Å². The second-order valence-electron chi connectivity index (χ2n) is 3.24. The van der Waals surface area contributed by atoms with Gasteiger partial charge in [0, 0.05) is 0 Å². The molecule has 5 heteroatoms. The zero-order valence-electron chi connectivity index (χ0n) is 8.27. The molecular weight excluding hydrogens is 196 g/mol. The van der Waals surface area contributed by atoms with Crippen molar-refractivity contribution in [2.24, 2.45) is 0 Å². The van der Waals surface area contributed by atoms with Crippen molar-refractivity contribution in [1.82, 2.24) is 10.1 Å². The first-order chi connectivity index (χ1) is 7.24. The smallest absolute Gasteiger partial charge is 0.234 e. The number of carbonyl (C=O) groups excluding carboxylic acids is 1. The summed E-state index contributed by atoms with van der Waals surface area (Å²) in [5, 5.41) is 3.75. The SMILES string of the molecule is CC(=O)Cc1nc(Cc2ccco2)no1. The molecule has 0 amide bonds. The Kier molecular flexibility index (Phi) is 2.62. The van der Waals surface area contributed by atoms with Gasteiger partial charge in [0.2, 0.25) is 5.89 Å². The summed E-state index contributed by atoms with van der Waals surface area (Å²) in [6, 6.07) is 3.63. The molecule has 0 radical (unpaired) electrons. The molecule has 2 heterocycles. The van der Waals surface area contributed by atoms with E-state index in [-0.39, 0.29) is 12.2 Å². The summed E-state index contributed by atoms with van der Waals surface area (Å²) in [7, 11) is 0. The van der Waals surface area contributed by atoms with Crippen molar-refractivity contribution >= 4 is 5.78 Å². The molecular formula is C10H10N2O3. The van der Waals surface area contributed by atoms with Crippen molar-refractivity contribution in [3.63, 3.8) is 0 Å². The minimum absolute atomic E-state index is 0.00296. The van der Waals surface area contributed by atoms with Crippen molar-refractivity contribution < 1.29 is 13.7 Å². The summed E-state index contributed by atoms with van der Waals surface area (Å²) in [4.78, 5) is 14.9. The van der Waals surface area contributed by atoms with Crippen LogP contribution in [-0.2, 0) is 17.6 Å². The first-order valence-corrected chi connectivity index (χ1v) is 4.57. The summed E-state index contributed by atoms with van der Waals surface area (Å²) in [6.07, 6.45) is 2.26. The van der Waals surface area contributed by atoms with Crippen LogP contribution in [0.1, 0.15) is 24.4 Å². The highest BCUT2D eigenvalue weighted by Gasteiger charge is 2.09. The molecule has 15 heavy (non-hydrogen) atoms. The molecule has 0 aromatic carbocycles. The van der Waals surface area contributed by atoms with Gasteiger partial charge in [-0.25, -0.2) is 0 Å². The van der Waals surface area contributed by atoms with Crippen LogP contribution in [0.25, 0.3) is 0 Å². The van der Waals surface area contributed by atoms with Gasteiger partial charge < -0.3 is 8.94 Å². The van der Waals surface area contributed by atoms with Gasteiger partial charge in [-0.15, -0.1) is 0 Å². The van der Waals surface area contributed by atoms with Gasteiger partial charge in [0.25, 0.3) is 0 Å². The van der Waals surface area contributed by atoms with E-state index in [9.17, 15) is 4.79 Å². The Hall–Kier alpha value is -1.91. The van der Waals surface area contributed by atoms with Crippen LogP contribution in [0.4, 0.5) is 0 Å². The predicted molar refractivity (Wildman–Crippen MR) is 50.2 cm³/mol. The molecule has 0 aliphatic carbocycles. The molecule has 0 N–H and O–H groups in total. The van der Waals surface area contributed by atoms with Gasteiger partial charge in [0.1, 0.15) is 11.5 Å². The number of Topliss-reactive ketones (excluding diaryl/α,β-unsaturated/α-hetero) is 1. The minimum atomic E-state index is 0.00296. The van der Waals surface area contributed by atoms with Gasteiger partial charge in [0.05, 0.1) is 19.1 Å². The van der Waals surface area contributed by atoms with Crippen LogP contribution in [-0.4, -0.2) is 15.9 Å². The number of carbonyl (C=O) groups is 1. The van der Waals surface area contributed by atoms with Crippen LogP contribution in [0.2, 0.25) is 0 Å². The normalized spacial score (nSPS) is 10.5. The van der Waals surface area contributed by atoms with Gasteiger partial charge in [-0.2, -0.15) is 4.98 Å². The van der Waals surface area contributed by atoms with Gasteiger partial charge in [0.15, 0.2) is 5.82 Å². The van der Waals surface area contributed by atoms with Crippen molar-refractivity contribution in [3.8, 4) is 0 Å². The molecule has 0 saturated heterocycles. The summed E-state index contributed by atoms with van der Waals surface area (Å²) in [5.41, 5.74) is 0. The highest BCUT2D eigenvalue weighted by atomic mass is 16.5. The molecule has 0 spiro atoms. The maximum Gasteiger partial charge on any atom is 0.234 e. The number of hydrogen-bond acceptors (Lipinski definition) is 5. The standard InChI is InChI=1S/C10H10N2O3/c1-7(13)5-10-11-9(12-15-10)6-8-3-2-4-14-8/h2-4H,5-6H2,1H3. The Bertz CT molecular complexity index is 445. The number of ketones is 1. The Labute approximate surface area is 86.1 Å². The molecule has 2 rings (SSSR count). The summed E-state index contributed by atoms with van der Waals surface area (Å²) >= 11 is 0. The van der Waals surface area contributed by atoms with Gasteiger partial charge in [-0.1, -0.05) is 5.16 Å². The van der Waals surface area contributed by atoms with E-state index in [1.807, 2.05) is 6.07 Å². The lowest BCUT2D eigenvalue weighted by molar-refractivity contribution is -0.116. The molecule has 78 valence electrons. The summed E-state index contributed by atoms with van der Waals surface area (Å²) in [5.74, 6) is 1.65. The first-order valence-electron chi connectivity index (χ1n) is 4.57. The zero-order chi connectivity index (χ0) is 10.7. The lowest BCUT2D eigenvalue weighted by atomic mass is 10.3. The maximum atomic E-state index is 10.8. The fourth-order valence-electron chi connectivity index (χ4n) is 1.22. The number of nitrogens with zero attached hydrogens (tertiary/aromatic N) is 2. The molecule has 0 fully saturated rings. The van der Waals surface area contributed by atoms with Crippen LogP contribution in [0, 0.1) is 0 Å². The quantitative estimate of drug-likeness (QED) is 0.755. The fourth-order valence-corrected chi connectivity index (χ4v) is 1.22. The third-order valence-corrected chi connectivity index (χ3v) is 1.82. The van der Waals surface area contributed by atoms with E-state index in [0.717, 1.165) is 5.76 Å². The third-order valence-electron chi connectivity index (χ3n) is 1.82. The van der Waals surface area contributed by atoms with E-state index in [1.165, 1.54) is 6.92 Å². The van der Waals surface area contributed by atoms with Crippen LogP contribution in [0.3, 0.4) is 0 Å². The molecule has 0 atom stereocenters. The Morgan fingerprint density at radius 2 is 2.40 bits per heavy atom. The van der Waals surface area contributed by atoms with E-state index in [2.05, 4.69) is 10.1 Å². The highest BCUT2D eigenvalue weighted by molar-refractivity contribution is 5.77. The second-order valence-corrected chi connectivity index (χ2v) is 3.24. The lowest BCUT2D eigenvalue weighted by Gasteiger charge is -1.87. The first kappa shape index (κ1) is 9.64. The molecule has 2 aromatic heterocycles. The number of aromatic nitrogens is 2. The average molecular weight is 206 g/mol. The van der Waals surface area contributed by atoms with Crippen LogP contribution in [0.15, 0.2) is 27.3 Å².